The second kappa shape index (κ2) is 9.22. The molecule has 0 spiro atoms. The lowest BCUT2D eigenvalue weighted by molar-refractivity contribution is -0.125. The van der Waals surface area contributed by atoms with Crippen LogP contribution in [-0.2, 0) is 11.2 Å². The van der Waals surface area contributed by atoms with E-state index >= 15 is 0 Å². The van der Waals surface area contributed by atoms with Crippen molar-refractivity contribution >= 4 is 5.91 Å². The Balaban J connectivity index is 0.00000154. The van der Waals surface area contributed by atoms with Gasteiger partial charge in [-0.25, -0.2) is 0 Å². The number of carbonyl (C=O) groups excluding carboxylic acids is 1. The first kappa shape index (κ1) is 17.2. The van der Waals surface area contributed by atoms with E-state index in [1.54, 1.807) is 19.1 Å². The molecule has 19 heavy (non-hydrogen) atoms. The van der Waals surface area contributed by atoms with Gasteiger partial charge in [0.05, 0.1) is 12.5 Å². The molecular formula is C14H23NO4. The molecule has 5 heteroatoms. The van der Waals surface area contributed by atoms with Crippen LogP contribution in [-0.4, -0.2) is 34.4 Å². The fourth-order valence-corrected chi connectivity index (χ4v) is 1.36. The van der Waals surface area contributed by atoms with E-state index in [0.29, 0.717) is 18.5 Å². The van der Waals surface area contributed by atoms with E-state index in [2.05, 4.69) is 5.32 Å². The van der Waals surface area contributed by atoms with Crippen LogP contribution in [0, 0.1) is 5.92 Å². The molecule has 0 saturated heterocycles. The number of aliphatic hydroxyl groups is 1. The summed E-state index contributed by atoms with van der Waals surface area (Å²) in [5, 5.41) is 30.2. The lowest BCUT2D eigenvalue weighted by Gasteiger charge is -2.10. The molecule has 0 aliphatic rings. The van der Waals surface area contributed by atoms with Crippen molar-refractivity contribution in [1.82, 2.24) is 5.32 Å². The number of para-hydroxylation sites is 1. The summed E-state index contributed by atoms with van der Waals surface area (Å²) in [5.74, 6) is -0.991. The largest absolute Gasteiger partial charge is 0.504 e. The average Bonchev–Trinajstić information content (AvgIpc) is 2.44. The molecule has 0 fully saturated rings. The van der Waals surface area contributed by atoms with Gasteiger partial charge in [0, 0.05) is 6.54 Å². The number of rotatable bonds is 5. The molecule has 4 N–H and O–H groups in total. The van der Waals surface area contributed by atoms with Gasteiger partial charge in [-0.2, -0.15) is 0 Å². The standard InChI is InChI=1S/C12H17NO4.C2H6/c1-8(7-14)12(17)13-6-5-9-3-2-4-10(15)11(9)16;1-2/h2-4,8,14-16H,5-7H2,1H3,(H,13,17);1-2H3. The highest BCUT2D eigenvalue weighted by molar-refractivity contribution is 5.78. The number of phenols is 2. The number of benzene rings is 1. The fraction of sp³-hybridized carbons (Fsp3) is 0.500. The third kappa shape index (κ3) is 5.61. The number of carbonyl (C=O) groups is 1. The Hall–Kier alpha value is -1.75. The van der Waals surface area contributed by atoms with Gasteiger partial charge < -0.3 is 20.6 Å². The Morgan fingerprint density at radius 2 is 1.95 bits per heavy atom. The molecule has 1 amide bonds. The minimum atomic E-state index is -0.437. The van der Waals surface area contributed by atoms with E-state index in [4.69, 9.17) is 5.11 Å². The molecule has 0 aliphatic carbocycles. The Labute approximate surface area is 113 Å². The van der Waals surface area contributed by atoms with Crippen molar-refractivity contribution in [3.05, 3.63) is 23.8 Å². The molecule has 108 valence electrons. The van der Waals surface area contributed by atoms with Crippen molar-refractivity contribution in [3.63, 3.8) is 0 Å². The van der Waals surface area contributed by atoms with Gasteiger partial charge in [-0.05, 0) is 18.1 Å². The second-order valence-electron chi connectivity index (χ2n) is 3.91. The molecule has 0 radical (unpaired) electrons. The number of aliphatic hydroxyl groups excluding tert-OH is 1. The molecule has 0 saturated carbocycles. The van der Waals surface area contributed by atoms with Crippen LogP contribution in [0.15, 0.2) is 18.2 Å². The van der Waals surface area contributed by atoms with Crippen molar-refractivity contribution in [3.8, 4) is 11.5 Å². The Kier molecular flexibility index (Phi) is 8.37. The summed E-state index contributed by atoms with van der Waals surface area (Å²) >= 11 is 0. The topological polar surface area (TPSA) is 89.8 Å². The monoisotopic (exact) mass is 269 g/mol. The molecule has 0 heterocycles. The first-order valence-electron chi connectivity index (χ1n) is 6.44. The summed E-state index contributed by atoms with van der Waals surface area (Å²) in [7, 11) is 0. The van der Waals surface area contributed by atoms with Gasteiger partial charge >= 0.3 is 0 Å². The van der Waals surface area contributed by atoms with Crippen LogP contribution in [0.1, 0.15) is 26.3 Å². The SMILES string of the molecule is CC.CC(CO)C(=O)NCCc1cccc(O)c1O. The van der Waals surface area contributed by atoms with E-state index < -0.39 is 5.92 Å². The van der Waals surface area contributed by atoms with Crippen LogP contribution < -0.4 is 5.32 Å². The zero-order valence-electron chi connectivity index (χ0n) is 11.7. The molecule has 1 aromatic rings. The van der Waals surface area contributed by atoms with E-state index in [0.717, 1.165) is 0 Å². The van der Waals surface area contributed by atoms with Crippen LogP contribution in [0.25, 0.3) is 0 Å². The zero-order chi connectivity index (χ0) is 14.8. The molecule has 1 rings (SSSR count). The fourth-order valence-electron chi connectivity index (χ4n) is 1.36. The molecule has 0 aromatic heterocycles. The minimum Gasteiger partial charge on any atom is -0.504 e. The van der Waals surface area contributed by atoms with Gasteiger partial charge in [-0.15, -0.1) is 0 Å². The number of hydrogen-bond acceptors (Lipinski definition) is 4. The Morgan fingerprint density at radius 3 is 2.53 bits per heavy atom. The molecule has 1 atom stereocenters. The minimum absolute atomic E-state index is 0.156. The van der Waals surface area contributed by atoms with Crippen LogP contribution in [0.4, 0.5) is 0 Å². The lowest BCUT2D eigenvalue weighted by atomic mass is 10.1. The first-order valence-corrected chi connectivity index (χ1v) is 6.44. The highest BCUT2D eigenvalue weighted by atomic mass is 16.3. The molecule has 0 aliphatic heterocycles. The molecular weight excluding hydrogens is 246 g/mol. The number of aromatic hydroxyl groups is 2. The van der Waals surface area contributed by atoms with Crippen molar-refractivity contribution in [2.75, 3.05) is 13.2 Å². The summed E-state index contributed by atoms with van der Waals surface area (Å²) < 4.78 is 0. The van der Waals surface area contributed by atoms with Gasteiger partial charge in [0.1, 0.15) is 0 Å². The summed E-state index contributed by atoms with van der Waals surface area (Å²) in [6.45, 7) is 5.78. The van der Waals surface area contributed by atoms with Crippen molar-refractivity contribution < 1.29 is 20.1 Å². The van der Waals surface area contributed by atoms with E-state index in [1.165, 1.54) is 6.07 Å². The molecule has 1 aromatic carbocycles. The molecule has 5 nitrogen and oxygen atoms in total. The average molecular weight is 269 g/mol. The number of amides is 1. The Morgan fingerprint density at radius 1 is 1.32 bits per heavy atom. The summed E-state index contributed by atoms with van der Waals surface area (Å²) in [6.07, 6.45) is 0.421. The summed E-state index contributed by atoms with van der Waals surface area (Å²) in [6, 6.07) is 4.70. The maximum Gasteiger partial charge on any atom is 0.225 e. The lowest BCUT2D eigenvalue weighted by Crippen LogP contribution is -2.32. The molecule has 1 unspecified atom stereocenters. The number of phenolic OH excluding ortho intramolecular Hbond substituents is 2. The van der Waals surface area contributed by atoms with Gasteiger partial charge in [-0.1, -0.05) is 32.9 Å². The van der Waals surface area contributed by atoms with E-state index in [-0.39, 0.29) is 24.0 Å². The van der Waals surface area contributed by atoms with E-state index in [9.17, 15) is 15.0 Å². The van der Waals surface area contributed by atoms with Crippen molar-refractivity contribution in [2.24, 2.45) is 5.92 Å². The maximum atomic E-state index is 11.3. The van der Waals surface area contributed by atoms with Crippen molar-refractivity contribution in [2.45, 2.75) is 27.2 Å². The van der Waals surface area contributed by atoms with Gasteiger partial charge in [0.2, 0.25) is 5.91 Å². The summed E-state index contributed by atoms with van der Waals surface area (Å²) in [4.78, 5) is 11.3. The zero-order valence-corrected chi connectivity index (χ0v) is 11.7. The maximum absolute atomic E-state index is 11.3. The predicted molar refractivity (Wildman–Crippen MR) is 74.1 cm³/mol. The predicted octanol–water partition coefficient (Wildman–Crippen LogP) is 1.41. The van der Waals surface area contributed by atoms with Crippen LogP contribution in [0.5, 0.6) is 11.5 Å². The molecule has 0 bridgehead atoms. The van der Waals surface area contributed by atoms with Gasteiger partial charge in [-0.3, -0.25) is 4.79 Å². The van der Waals surface area contributed by atoms with Crippen molar-refractivity contribution in [1.29, 1.82) is 0 Å². The number of hydrogen-bond donors (Lipinski definition) is 4. The highest BCUT2D eigenvalue weighted by Gasteiger charge is 2.11. The van der Waals surface area contributed by atoms with Gasteiger partial charge in [0.15, 0.2) is 11.5 Å². The van der Waals surface area contributed by atoms with Crippen LogP contribution in [0.3, 0.4) is 0 Å². The smallest absolute Gasteiger partial charge is 0.225 e. The van der Waals surface area contributed by atoms with Crippen LogP contribution >= 0.6 is 0 Å². The van der Waals surface area contributed by atoms with Gasteiger partial charge in [0.25, 0.3) is 0 Å². The first-order chi connectivity index (χ1) is 9.06. The van der Waals surface area contributed by atoms with E-state index in [1.807, 2.05) is 13.8 Å². The quantitative estimate of drug-likeness (QED) is 0.608. The second-order valence-corrected chi connectivity index (χ2v) is 3.91. The number of nitrogens with one attached hydrogen (secondary N) is 1. The normalized spacial score (nSPS) is 11.2. The third-order valence-corrected chi connectivity index (χ3v) is 2.51. The Bertz CT molecular complexity index is 393. The summed E-state index contributed by atoms with van der Waals surface area (Å²) in [5.41, 5.74) is 0.571. The highest BCUT2D eigenvalue weighted by Crippen LogP contribution is 2.28. The third-order valence-electron chi connectivity index (χ3n) is 2.51. The van der Waals surface area contributed by atoms with Crippen LogP contribution in [0.2, 0.25) is 0 Å².